The molecule has 4 nitrogen and oxygen atoms in total. The molecule has 2 aromatic rings. The van der Waals surface area contributed by atoms with Crippen LogP contribution in [-0.2, 0) is 4.79 Å². The molecule has 4 N–H and O–H groups in total. The van der Waals surface area contributed by atoms with Crippen LogP contribution in [-0.4, -0.2) is 22.1 Å². The Hall–Kier alpha value is -1.81. The average Bonchev–Trinajstić information content (AvgIpc) is 2.72. The number of H-pyrrole nitrogens is 1. The summed E-state index contributed by atoms with van der Waals surface area (Å²) in [6.07, 6.45) is 1.85. The Balaban J connectivity index is 2.52. The maximum Gasteiger partial charge on any atom is 0.321 e. The lowest BCUT2D eigenvalue weighted by Crippen LogP contribution is -2.35. The Labute approximate surface area is 99.4 Å². The first-order valence-corrected chi connectivity index (χ1v) is 5.57. The quantitative estimate of drug-likeness (QED) is 0.757. The van der Waals surface area contributed by atoms with Crippen LogP contribution in [0.1, 0.15) is 24.0 Å². The van der Waals surface area contributed by atoms with Crippen molar-refractivity contribution >= 4 is 16.9 Å². The number of carbonyl (C=O) groups is 1. The number of aromatic nitrogens is 1. The van der Waals surface area contributed by atoms with E-state index in [0.29, 0.717) is 0 Å². The number of carboxylic acid groups (broad SMARTS) is 1. The number of benzene rings is 1. The second-order valence-electron chi connectivity index (χ2n) is 4.39. The molecular weight excluding hydrogens is 216 g/mol. The van der Waals surface area contributed by atoms with E-state index in [1.54, 1.807) is 0 Å². The lowest BCUT2D eigenvalue weighted by atomic mass is 9.92. The lowest BCUT2D eigenvalue weighted by Gasteiger charge is -2.15. The van der Waals surface area contributed by atoms with Gasteiger partial charge in [0.25, 0.3) is 0 Å². The normalized spacial score (nSPS) is 14.8. The number of hydrogen-bond donors (Lipinski definition) is 3. The van der Waals surface area contributed by atoms with Crippen molar-refractivity contribution in [3.05, 3.63) is 35.5 Å². The molecule has 1 unspecified atom stereocenters. The molecule has 0 spiro atoms. The Kier molecular flexibility index (Phi) is 2.90. The Morgan fingerprint density at radius 3 is 2.82 bits per heavy atom. The minimum Gasteiger partial charge on any atom is -0.480 e. The van der Waals surface area contributed by atoms with Crippen molar-refractivity contribution in [1.82, 2.24) is 4.98 Å². The first kappa shape index (κ1) is 11.7. The summed E-state index contributed by atoms with van der Waals surface area (Å²) < 4.78 is 0. The van der Waals surface area contributed by atoms with E-state index < -0.39 is 12.0 Å². The van der Waals surface area contributed by atoms with Crippen LogP contribution in [0, 0.1) is 6.92 Å². The molecule has 1 aromatic carbocycles. The molecule has 0 aliphatic carbocycles. The van der Waals surface area contributed by atoms with E-state index in [4.69, 9.17) is 10.8 Å². The summed E-state index contributed by atoms with van der Waals surface area (Å²) in [5, 5.41) is 10.0. The molecule has 1 aromatic heterocycles. The average molecular weight is 232 g/mol. The largest absolute Gasteiger partial charge is 0.480 e. The zero-order valence-corrected chi connectivity index (χ0v) is 9.90. The second-order valence-corrected chi connectivity index (χ2v) is 4.39. The van der Waals surface area contributed by atoms with Crippen molar-refractivity contribution in [3.63, 3.8) is 0 Å². The first-order chi connectivity index (χ1) is 8.02. The van der Waals surface area contributed by atoms with Gasteiger partial charge in [-0.2, -0.15) is 0 Å². The maximum absolute atomic E-state index is 10.9. The van der Waals surface area contributed by atoms with Crippen molar-refractivity contribution in [2.24, 2.45) is 5.73 Å². The number of hydrogen-bond acceptors (Lipinski definition) is 2. The van der Waals surface area contributed by atoms with Gasteiger partial charge in [0.2, 0.25) is 0 Å². The van der Waals surface area contributed by atoms with E-state index in [0.717, 1.165) is 22.0 Å². The van der Waals surface area contributed by atoms with Gasteiger partial charge in [-0.25, -0.2) is 0 Å². The van der Waals surface area contributed by atoms with Crippen molar-refractivity contribution in [1.29, 1.82) is 0 Å². The summed E-state index contributed by atoms with van der Waals surface area (Å²) in [6, 6.07) is 5.08. The first-order valence-electron chi connectivity index (χ1n) is 5.57. The standard InChI is InChI=1S/C13H16N2O2/c1-7-4-3-5-10-11(7)9(6-15-10)8(2)12(14)13(16)17/h3-6,8,12,15H,14H2,1-2H3,(H,16,17)/t8?,12-/m0/s1. The van der Waals surface area contributed by atoms with E-state index >= 15 is 0 Å². The van der Waals surface area contributed by atoms with Crippen molar-refractivity contribution in [3.8, 4) is 0 Å². The maximum atomic E-state index is 10.9. The Morgan fingerprint density at radius 1 is 1.47 bits per heavy atom. The third kappa shape index (κ3) is 1.91. The summed E-state index contributed by atoms with van der Waals surface area (Å²) in [4.78, 5) is 14.1. The van der Waals surface area contributed by atoms with Crippen molar-refractivity contribution in [2.45, 2.75) is 25.8 Å². The fourth-order valence-electron chi connectivity index (χ4n) is 2.17. The SMILES string of the molecule is Cc1cccc2[nH]cc(C(C)[C@H](N)C(=O)O)c12. The number of aliphatic carboxylic acids is 1. The predicted octanol–water partition coefficient (Wildman–Crippen LogP) is 1.99. The van der Waals surface area contributed by atoms with Gasteiger partial charge in [-0.3, -0.25) is 4.79 Å². The fourth-order valence-corrected chi connectivity index (χ4v) is 2.17. The molecule has 0 aliphatic heterocycles. The van der Waals surface area contributed by atoms with E-state index in [1.807, 2.05) is 38.2 Å². The highest BCUT2D eigenvalue weighted by Gasteiger charge is 2.24. The highest BCUT2D eigenvalue weighted by Crippen LogP contribution is 2.29. The van der Waals surface area contributed by atoms with Gasteiger partial charge in [-0.15, -0.1) is 0 Å². The van der Waals surface area contributed by atoms with Gasteiger partial charge in [0.15, 0.2) is 0 Å². The Morgan fingerprint density at radius 2 is 2.18 bits per heavy atom. The third-order valence-corrected chi connectivity index (χ3v) is 3.26. The van der Waals surface area contributed by atoms with E-state index in [-0.39, 0.29) is 5.92 Å². The molecule has 0 fully saturated rings. The van der Waals surface area contributed by atoms with E-state index in [2.05, 4.69) is 4.98 Å². The van der Waals surface area contributed by atoms with Crippen LogP contribution in [0.5, 0.6) is 0 Å². The molecular formula is C13H16N2O2. The summed E-state index contributed by atoms with van der Waals surface area (Å²) in [5.74, 6) is -1.19. The fraction of sp³-hybridized carbons (Fsp3) is 0.308. The highest BCUT2D eigenvalue weighted by atomic mass is 16.4. The number of fused-ring (bicyclic) bond motifs is 1. The number of nitrogens with one attached hydrogen (secondary N) is 1. The Bertz CT molecular complexity index is 560. The monoisotopic (exact) mass is 232 g/mol. The van der Waals surface area contributed by atoms with Crippen LogP contribution in [0.15, 0.2) is 24.4 Å². The molecule has 0 aliphatic rings. The molecule has 90 valence electrons. The summed E-state index contributed by atoms with van der Waals surface area (Å²) in [6.45, 7) is 3.85. The minimum absolute atomic E-state index is 0.220. The van der Waals surface area contributed by atoms with E-state index in [1.165, 1.54) is 0 Å². The molecule has 2 atom stereocenters. The zero-order valence-electron chi connectivity index (χ0n) is 9.90. The molecule has 4 heteroatoms. The van der Waals surface area contributed by atoms with Crippen LogP contribution in [0.4, 0.5) is 0 Å². The summed E-state index contributed by atoms with van der Waals surface area (Å²) in [7, 11) is 0. The molecule has 0 saturated carbocycles. The number of aryl methyl sites for hydroxylation is 1. The van der Waals surface area contributed by atoms with Crippen molar-refractivity contribution in [2.75, 3.05) is 0 Å². The number of carboxylic acids is 1. The number of aromatic amines is 1. The second kappa shape index (κ2) is 4.22. The van der Waals surface area contributed by atoms with Gasteiger partial charge in [-0.1, -0.05) is 19.1 Å². The van der Waals surface area contributed by atoms with E-state index in [9.17, 15) is 4.79 Å². The molecule has 2 rings (SSSR count). The molecule has 0 bridgehead atoms. The third-order valence-electron chi connectivity index (χ3n) is 3.26. The van der Waals surface area contributed by atoms with Crippen LogP contribution >= 0.6 is 0 Å². The smallest absolute Gasteiger partial charge is 0.321 e. The summed E-state index contributed by atoms with van der Waals surface area (Å²) >= 11 is 0. The van der Waals surface area contributed by atoms with Gasteiger partial charge in [0.1, 0.15) is 6.04 Å². The van der Waals surface area contributed by atoms with Gasteiger partial charge < -0.3 is 15.8 Å². The van der Waals surface area contributed by atoms with Gasteiger partial charge in [0, 0.05) is 23.0 Å². The van der Waals surface area contributed by atoms with Crippen molar-refractivity contribution < 1.29 is 9.90 Å². The molecule has 0 saturated heterocycles. The lowest BCUT2D eigenvalue weighted by molar-refractivity contribution is -0.138. The zero-order chi connectivity index (χ0) is 12.6. The summed E-state index contributed by atoms with van der Waals surface area (Å²) in [5.41, 5.74) is 8.79. The molecule has 0 radical (unpaired) electrons. The molecule has 17 heavy (non-hydrogen) atoms. The molecule has 0 amide bonds. The topological polar surface area (TPSA) is 79.1 Å². The number of nitrogens with two attached hydrogens (primary N) is 1. The van der Waals surface area contributed by atoms with Crippen LogP contribution in [0.2, 0.25) is 0 Å². The predicted molar refractivity (Wildman–Crippen MR) is 67.1 cm³/mol. The molecule has 1 heterocycles. The van der Waals surface area contributed by atoms with Crippen LogP contribution in [0.25, 0.3) is 10.9 Å². The highest BCUT2D eigenvalue weighted by molar-refractivity contribution is 5.88. The minimum atomic E-state index is -0.972. The van der Waals surface area contributed by atoms with Crippen LogP contribution in [0.3, 0.4) is 0 Å². The van der Waals surface area contributed by atoms with Crippen LogP contribution < -0.4 is 5.73 Å². The van der Waals surface area contributed by atoms with Gasteiger partial charge >= 0.3 is 5.97 Å². The van der Waals surface area contributed by atoms with Gasteiger partial charge in [-0.05, 0) is 24.1 Å². The number of rotatable bonds is 3. The van der Waals surface area contributed by atoms with Gasteiger partial charge in [0.05, 0.1) is 0 Å².